The van der Waals surface area contributed by atoms with Crippen LogP contribution in [0.1, 0.15) is 46.5 Å². The van der Waals surface area contributed by atoms with Gasteiger partial charge in [0.2, 0.25) is 5.91 Å². The fraction of sp³-hybridized carbons (Fsp3) is 0.270. The highest BCUT2D eigenvalue weighted by Gasteiger charge is 2.33. The molecular weight excluding hydrogens is 578 g/mol. The third-order valence-electron chi connectivity index (χ3n) is 8.48. The van der Waals surface area contributed by atoms with E-state index in [2.05, 4.69) is 40.0 Å². The van der Waals surface area contributed by atoms with E-state index in [-0.39, 0.29) is 18.1 Å². The van der Waals surface area contributed by atoms with Gasteiger partial charge in [0.15, 0.2) is 0 Å². The number of hydrogen-bond acceptors (Lipinski definition) is 6. The first-order valence-corrected chi connectivity index (χ1v) is 15.6. The number of rotatable bonds is 10. The summed E-state index contributed by atoms with van der Waals surface area (Å²) < 4.78 is 11.2. The minimum Gasteiger partial charge on any atom is -0.453 e. The van der Waals surface area contributed by atoms with Crippen molar-refractivity contribution in [1.82, 2.24) is 20.6 Å². The minimum atomic E-state index is -0.935. The van der Waals surface area contributed by atoms with Crippen molar-refractivity contribution in [3.63, 3.8) is 0 Å². The monoisotopic (exact) mass is 617 g/mol. The average Bonchev–Trinajstić information content (AvgIpc) is 3.52. The molecule has 46 heavy (non-hydrogen) atoms. The smallest absolute Gasteiger partial charge is 0.407 e. The van der Waals surface area contributed by atoms with Gasteiger partial charge < -0.3 is 30.4 Å². The number of carbonyl (C=O) groups is 2. The third kappa shape index (κ3) is 7.28. The first-order valence-electron chi connectivity index (χ1n) is 15.6. The number of nitrogens with zero attached hydrogens (tertiary/aromatic N) is 1. The number of aryl methyl sites for hydroxylation is 2. The van der Waals surface area contributed by atoms with E-state index in [1.165, 1.54) is 12.7 Å². The molecule has 1 saturated heterocycles. The number of aromatic nitrogens is 2. The van der Waals surface area contributed by atoms with Crippen molar-refractivity contribution in [2.75, 3.05) is 25.6 Å². The summed E-state index contributed by atoms with van der Waals surface area (Å²) in [6.45, 7) is 3.28. The number of benzene rings is 4. The maximum Gasteiger partial charge on any atom is 0.407 e. The average molecular weight is 618 g/mol. The van der Waals surface area contributed by atoms with Crippen LogP contribution in [0.15, 0.2) is 103 Å². The van der Waals surface area contributed by atoms with Gasteiger partial charge in [0.1, 0.15) is 11.9 Å². The largest absolute Gasteiger partial charge is 0.453 e. The van der Waals surface area contributed by atoms with Gasteiger partial charge in [-0.2, -0.15) is 0 Å². The molecule has 1 aliphatic heterocycles. The van der Waals surface area contributed by atoms with Gasteiger partial charge in [-0.1, -0.05) is 84.9 Å². The molecule has 2 amide bonds. The molecule has 1 fully saturated rings. The Labute approximate surface area is 268 Å². The van der Waals surface area contributed by atoms with E-state index in [9.17, 15) is 9.59 Å². The molecule has 1 unspecified atom stereocenters. The summed E-state index contributed by atoms with van der Waals surface area (Å²) in [5.74, 6) is 0.0978. The number of imidazole rings is 1. The number of carbonyl (C=O) groups excluding carboxylic acids is 2. The summed E-state index contributed by atoms with van der Waals surface area (Å²) in [5.41, 5.74) is 6.65. The van der Waals surface area contributed by atoms with Gasteiger partial charge >= 0.3 is 6.09 Å². The third-order valence-corrected chi connectivity index (χ3v) is 8.48. The first kappa shape index (κ1) is 31.0. The van der Waals surface area contributed by atoms with E-state index in [0.29, 0.717) is 25.3 Å². The molecule has 9 heteroatoms. The van der Waals surface area contributed by atoms with Crippen molar-refractivity contribution in [2.24, 2.45) is 0 Å². The van der Waals surface area contributed by atoms with Crippen molar-refractivity contribution in [3.8, 4) is 0 Å². The Balaban J connectivity index is 1.14. The normalized spacial score (nSPS) is 17.0. The van der Waals surface area contributed by atoms with Gasteiger partial charge in [0.05, 0.1) is 36.9 Å². The highest BCUT2D eigenvalue weighted by molar-refractivity contribution is 5.98. The van der Waals surface area contributed by atoms with Crippen LogP contribution in [0.4, 0.5) is 10.5 Å². The number of H-pyrrole nitrogens is 1. The number of para-hydroxylation sites is 1. The Kier molecular flexibility index (Phi) is 9.71. The van der Waals surface area contributed by atoms with Gasteiger partial charge in [0.25, 0.3) is 0 Å². The van der Waals surface area contributed by atoms with E-state index >= 15 is 0 Å². The SMILES string of the molecule is COC(=O)NC(C(=O)Nc1ccccc1CC[C@@H]1CN[C@H](c2nc3ccc(C)cc3[nH]2)CO1)C(c1ccccc1)c1ccccc1. The molecular formula is C37H39N5O4. The van der Waals surface area contributed by atoms with Gasteiger partial charge in [-0.3, -0.25) is 4.79 Å². The summed E-state index contributed by atoms with van der Waals surface area (Å²) in [6, 6.07) is 32.4. The summed E-state index contributed by atoms with van der Waals surface area (Å²) in [4.78, 5) is 34.7. The number of nitrogens with one attached hydrogen (secondary N) is 4. The fourth-order valence-electron chi connectivity index (χ4n) is 6.06. The lowest BCUT2D eigenvalue weighted by molar-refractivity contribution is -0.118. The lowest BCUT2D eigenvalue weighted by Gasteiger charge is -2.30. The van der Waals surface area contributed by atoms with Gasteiger partial charge in [-0.25, -0.2) is 9.78 Å². The van der Waals surface area contributed by atoms with Crippen LogP contribution in [-0.4, -0.2) is 54.4 Å². The van der Waals surface area contributed by atoms with Gasteiger partial charge in [-0.15, -0.1) is 0 Å². The summed E-state index contributed by atoms with van der Waals surface area (Å²) >= 11 is 0. The molecule has 0 spiro atoms. The van der Waals surface area contributed by atoms with Crippen molar-refractivity contribution in [1.29, 1.82) is 0 Å². The number of hydrogen-bond donors (Lipinski definition) is 4. The Morgan fingerprint density at radius 3 is 2.33 bits per heavy atom. The molecule has 4 aromatic carbocycles. The highest BCUT2D eigenvalue weighted by atomic mass is 16.5. The van der Waals surface area contributed by atoms with Crippen LogP contribution in [0.2, 0.25) is 0 Å². The molecule has 9 nitrogen and oxygen atoms in total. The van der Waals surface area contributed by atoms with Crippen LogP contribution in [0, 0.1) is 6.92 Å². The molecule has 236 valence electrons. The zero-order valence-corrected chi connectivity index (χ0v) is 26.0. The maximum atomic E-state index is 14.0. The van der Waals surface area contributed by atoms with E-state index in [4.69, 9.17) is 14.5 Å². The Hall–Kier alpha value is -4.99. The zero-order valence-electron chi connectivity index (χ0n) is 26.0. The Bertz CT molecular complexity index is 1730. The number of ether oxygens (including phenoxy) is 2. The lowest BCUT2D eigenvalue weighted by atomic mass is 9.84. The predicted molar refractivity (Wildman–Crippen MR) is 179 cm³/mol. The highest BCUT2D eigenvalue weighted by Crippen LogP contribution is 2.30. The zero-order chi connectivity index (χ0) is 31.9. The number of amides is 2. The second-order valence-corrected chi connectivity index (χ2v) is 11.7. The summed E-state index contributed by atoms with van der Waals surface area (Å²) in [5, 5.41) is 9.51. The molecule has 1 aromatic heterocycles. The topological polar surface area (TPSA) is 117 Å². The first-order chi connectivity index (χ1) is 22.5. The van der Waals surface area contributed by atoms with Crippen LogP contribution in [-0.2, 0) is 20.7 Å². The van der Waals surface area contributed by atoms with Crippen LogP contribution in [0.3, 0.4) is 0 Å². The molecule has 4 N–H and O–H groups in total. The molecule has 0 aliphatic carbocycles. The molecule has 3 atom stereocenters. The standard InChI is InChI=1S/C37H39N5O4/c1-24-17-20-30-31(21-24)40-35(39-30)32-23-46-28(22-38-32)19-18-25-11-9-10-16-29(25)41-36(43)34(42-37(44)45-2)33(26-12-5-3-6-13-26)27-14-7-4-8-15-27/h3-17,20-21,28,32-34,38H,18-19,22-23H2,1-2H3,(H,39,40)(H,41,43)(H,42,44)/t28-,32+,34?/m1/s1. The van der Waals surface area contributed by atoms with Crippen molar-refractivity contribution in [2.45, 2.75) is 43.9 Å². The van der Waals surface area contributed by atoms with E-state index in [1.54, 1.807) is 0 Å². The van der Waals surface area contributed by atoms with Crippen molar-refractivity contribution >= 4 is 28.7 Å². The molecule has 0 saturated carbocycles. The van der Waals surface area contributed by atoms with E-state index in [1.807, 2.05) is 91.0 Å². The van der Waals surface area contributed by atoms with Crippen LogP contribution < -0.4 is 16.0 Å². The van der Waals surface area contributed by atoms with E-state index < -0.39 is 18.1 Å². The second kappa shape index (κ2) is 14.4. The molecule has 0 bridgehead atoms. The fourth-order valence-corrected chi connectivity index (χ4v) is 6.06. The van der Waals surface area contributed by atoms with Crippen LogP contribution in [0.25, 0.3) is 11.0 Å². The quantitative estimate of drug-likeness (QED) is 0.152. The Morgan fingerprint density at radius 1 is 0.957 bits per heavy atom. The molecule has 1 aliphatic rings. The minimum absolute atomic E-state index is 0.00282. The lowest BCUT2D eigenvalue weighted by Crippen LogP contribution is -2.48. The number of methoxy groups -OCH3 is 1. The number of anilines is 1. The summed E-state index contributed by atoms with van der Waals surface area (Å²) in [7, 11) is 1.29. The number of fused-ring (bicyclic) bond motifs is 1. The second-order valence-electron chi connectivity index (χ2n) is 11.7. The predicted octanol–water partition coefficient (Wildman–Crippen LogP) is 6.03. The van der Waals surface area contributed by atoms with Gasteiger partial charge in [-0.05, 0) is 60.2 Å². The van der Waals surface area contributed by atoms with Crippen LogP contribution in [0.5, 0.6) is 0 Å². The molecule has 6 rings (SSSR count). The number of morpholine rings is 1. The summed E-state index contributed by atoms with van der Waals surface area (Å²) in [6.07, 6.45) is 0.809. The maximum absolute atomic E-state index is 14.0. The van der Waals surface area contributed by atoms with Crippen LogP contribution >= 0.6 is 0 Å². The molecule has 2 heterocycles. The van der Waals surface area contributed by atoms with Gasteiger partial charge in [0, 0.05) is 18.2 Å². The number of aromatic amines is 1. The van der Waals surface area contributed by atoms with E-state index in [0.717, 1.165) is 40.0 Å². The molecule has 5 aromatic rings. The number of alkyl carbamates (subject to hydrolysis) is 1. The molecule has 0 radical (unpaired) electrons. The van der Waals surface area contributed by atoms with Crippen molar-refractivity contribution < 1.29 is 19.1 Å². The Morgan fingerprint density at radius 2 is 1.65 bits per heavy atom. The van der Waals surface area contributed by atoms with Crippen molar-refractivity contribution in [3.05, 3.63) is 131 Å².